The third-order valence-corrected chi connectivity index (χ3v) is 5.18. The molecule has 0 N–H and O–H groups in total. The number of hydrogen-bond donors (Lipinski definition) is 0. The molecule has 3 saturated heterocycles. The zero-order valence-electron chi connectivity index (χ0n) is 13.8. The molecule has 0 spiro atoms. The fourth-order valence-electron chi connectivity index (χ4n) is 4.29. The zero-order chi connectivity index (χ0) is 14.7. The number of ether oxygens (including phenoxy) is 2. The second kappa shape index (κ2) is 7.40. The van der Waals surface area contributed by atoms with Crippen LogP contribution in [0.3, 0.4) is 0 Å². The number of nitrogens with zero attached hydrogens (tertiary/aromatic N) is 2. The van der Waals surface area contributed by atoms with E-state index in [4.69, 9.17) is 9.47 Å². The van der Waals surface area contributed by atoms with E-state index in [-0.39, 0.29) is 0 Å². The molecule has 4 heteroatoms. The van der Waals surface area contributed by atoms with Gasteiger partial charge < -0.3 is 9.47 Å². The van der Waals surface area contributed by atoms with Gasteiger partial charge in [-0.1, -0.05) is 0 Å². The normalized spacial score (nSPS) is 39.7. The van der Waals surface area contributed by atoms with Crippen LogP contribution in [0.25, 0.3) is 0 Å². The largest absolute Gasteiger partial charge is 0.377 e. The van der Waals surface area contributed by atoms with E-state index in [9.17, 15) is 0 Å². The van der Waals surface area contributed by atoms with Crippen LogP contribution in [0.4, 0.5) is 0 Å². The zero-order valence-corrected chi connectivity index (χ0v) is 13.8. The molecule has 3 aliphatic rings. The SMILES string of the molecule is C[C@@H]1CN(C[C@@H]2CCCN2C[C@H]2CCCCO2)C[C@H](C)O1. The molecule has 0 radical (unpaired) electrons. The van der Waals surface area contributed by atoms with Crippen molar-refractivity contribution in [3.8, 4) is 0 Å². The Kier molecular flexibility index (Phi) is 5.54. The Morgan fingerprint density at radius 1 is 0.952 bits per heavy atom. The number of likely N-dealkylation sites (tertiary alicyclic amines) is 1. The van der Waals surface area contributed by atoms with Crippen molar-refractivity contribution < 1.29 is 9.47 Å². The average Bonchev–Trinajstić information content (AvgIpc) is 2.86. The van der Waals surface area contributed by atoms with Crippen molar-refractivity contribution in [3.05, 3.63) is 0 Å². The summed E-state index contributed by atoms with van der Waals surface area (Å²) >= 11 is 0. The van der Waals surface area contributed by atoms with Gasteiger partial charge in [-0.05, 0) is 52.5 Å². The minimum absolute atomic E-state index is 0.380. The molecule has 0 aromatic carbocycles. The van der Waals surface area contributed by atoms with E-state index >= 15 is 0 Å². The summed E-state index contributed by atoms with van der Waals surface area (Å²) in [6.07, 6.45) is 7.82. The van der Waals surface area contributed by atoms with Crippen LogP contribution in [0, 0.1) is 0 Å². The first-order chi connectivity index (χ1) is 10.2. The van der Waals surface area contributed by atoms with Gasteiger partial charge in [0.25, 0.3) is 0 Å². The lowest BCUT2D eigenvalue weighted by Crippen LogP contribution is -2.51. The van der Waals surface area contributed by atoms with Gasteiger partial charge in [-0.3, -0.25) is 9.80 Å². The Hall–Kier alpha value is -0.160. The minimum atomic E-state index is 0.380. The second-order valence-electron chi connectivity index (χ2n) is 7.26. The van der Waals surface area contributed by atoms with Crippen LogP contribution >= 0.6 is 0 Å². The summed E-state index contributed by atoms with van der Waals surface area (Å²) in [5.74, 6) is 0. The van der Waals surface area contributed by atoms with Crippen LogP contribution in [0.1, 0.15) is 46.0 Å². The van der Waals surface area contributed by atoms with Gasteiger partial charge in [-0.25, -0.2) is 0 Å². The summed E-state index contributed by atoms with van der Waals surface area (Å²) in [6.45, 7) is 11.2. The van der Waals surface area contributed by atoms with E-state index in [1.54, 1.807) is 0 Å². The topological polar surface area (TPSA) is 24.9 Å². The molecule has 3 rings (SSSR count). The standard InChI is InChI=1S/C17H32N2O2/c1-14-10-18(11-15(2)21-14)12-16-6-5-8-19(16)13-17-7-3-4-9-20-17/h14-17H,3-13H2,1-2H3/t14-,15+,16-,17+/m0/s1. The van der Waals surface area contributed by atoms with Crippen molar-refractivity contribution in [2.24, 2.45) is 0 Å². The quantitative estimate of drug-likeness (QED) is 0.793. The Morgan fingerprint density at radius 3 is 2.48 bits per heavy atom. The second-order valence-corrected chi connectivity index (χ2v) is 7.26. The smallest absolute Gasteiger partial charge is 0.0702 e. The van der Waals surface area contributed by atoms with Crippen molar-refractivity contribution in [2.75, 3.05) is 39.3 Å². The van der Waals surface area contributed by atoms with Crippen LogP contribution in [0.15, 0.2) is 0 Å². The maximum Gasteiger partial charge on any atom is 0.0702 e. The molecule has 3 aliphatic heterocycles. The Balaban J connectivity index is 1.49. The van der Waals surface area contributed by atoms with E-state index in [0.717, 1.165) is 32.3 Å². The lowest BCUT2D eigenvalue weighted by molar-refractivity contribution is -0.0742. The molecule has 0 aromatic rings. The summed E-state index contributed by atoms with van der Waals surface area (Å²) in [7, 11) is 0. The monoisotopic (exact) mass is 296 g/mol. The molecule has 3 heterocycles. The Morgan fingerprint density at radius 2 is 1.76 bits per heavy atom. The first-order valence-electron chi connectivity index (χ1n) is 8.94. The van der Waals surface area contributed by atoms with E-state index in [1.165, 1.54) is 45.2 Å². The highest BCUT2D eigenvalue weighted by Crippen LogP contribution is 2.23. The summed E-state index contributed by atoms with van der Waals surface area (Å²) in [4.78, 5) is 5.31. The Labute approximate surface area is 129 Å². The summed E-state index contributed by atoms with van der Waals surface area (Å²) in [5.41, 5.74) is 0. The third kappa shape index (κ3) is 4.41. The van der Waals surface area contributed by atoms with Crippen LogP contribution in [-0.2, 0) is 9.47 Å². The third-order valence-electron chi connectivity index (χ3n) is 5.18. The predicted molar refractivity (Wildman–Crippen MR) is 84.6 cm³/mol. The number of morpholine rings is 1. The van der Waals surface area contributed by atoms with Crippen molar-refractivity contribution >= 4 is 0 Å². The van der Waals surface area contributed by atoms with Gasteiger partial charge in [0.15, 0.2) is 0 Å². The molecule has 0 aliphatic carbocycles. The van der Waals surface area contributed by atoms with Gasteiger partial charge in [-0.15, -0.1) is 0 Å². The molecule has 4 atom stereocenters. The van der Waals surface area contributed by atoms with Crippen LogP contribution < -0.4 is 0 Å². The van der Waals surface area contributed by atoms with E-state index < -0.39 is 0 Å². The summed E-state index contributed by atoms with van der Waals surface area (Å²) < 4.78 is 11.8. The van der Waals surface area contributed by atoms with E-state index in [1.807, 2.05) is 0 Å². The molecule has 0 aromatic heterocycles. The van der Waals surface area contributed by atoms with Gasteiger partial charge >= 0.3 is 0 Å². The Bertz CT molecular complexity index is 310. The van der Waals surface area contributed by atoms with Crippen molar-refractivity contribution in [3.63, 3.8) is 0 Å². The molecule has 0 bridgehead atoms. The fourth-order valence-corrected chi connectivity index (χ4v) is 4.29. The minimum Gasteiger partial charge on any atom is -0.377 e. The fraction of sp³-hybridized carbons (Fsp3) is 1.00. The lowest BCUT2D eigenvalue weighted by atomic mass is 10.1. The van der Waals surface area contributed by atoms with Crippen LogP contribution in [0.5, 0.6) is 0 Å². The van der Waals surface area contributed by atoms with Crippen LogP contribution in [-0.4, -0.2) is 73.5 Å². The van der Waals surface area contributed by atoms with E-state index in [0.29, 0.717) is 18.3 Å². The molecule has 0 unspecified atom stereocenters. The van der Waals surface area contributed by atoms with Gasteiger partial charge in [0.1, 0.15) is 0 Å². The van der Waals surface area contributed by atoms with E-state index in [2.05, 4.69) is 23.6 Å². The maximum atomic E-state index is 5.94. The first kappa shape index (κ1) is 15.7. The number of rotatable bonds is 4. The number of hydrogen-bond acceptors (Lipinski definition) is 4. The van der Waals surface area contributed by atoms with Crippen molar-refractivity contribution in [1.29, 1.82) is 0 Å². The van der Waals surface area contributed by atoms with Gasteiger partial charge in [0.05, 0.1) is 18.3 Å². The molecule has 3 fully saturated rings. The molecule has 21 heavy (non-hydrogen) atoms. The van der Waals surface area contributed by atoms with Crippen molar-refractivity contribution in [2.45, 2.75) is 70.3 Å². The average molecular weight is 296 g/mol. The molecular formula is C17H32N2O2. The van der Waals surface area contributed by atoms with Gasteiger partial charge in [-0.2, -0.15) is 0 Å². The predicted octanol–water partition coefficient (Wildman–Crippen LogP) is 2.13. The van der Waals surface area contributed by atoms with Gasteiger partial charge in [0, 0.05) is 38.8 Å². The molecule has 0 saturated carbocycles. The highest BCUT2D eigenvalue weighted by Gasteiger charge is 2.31. The summed E-state index contributed by atoms with van der Waals surface area (Å²) in [6, 6.07) is 0.730. The van der Waals surface area contributed by atoms with Gasteiger partial charge in [0.2, 0.25) is 0 Å². The lowest BCUT2D eigenvalue weighted by Gasteiger charge is -2.39. The summed E-state index contributed by atoms with van der Waals surface area (Å²) in [5, 5.41) is 0. The maximum absolute atomic E-state index is 5.94. The first-order valence-corrected chi connectivity index (χ1v) is 8.94. The van der Waals surface area contributed by atoms with Crippen molar-refractivity contribution in [1.82, 2.24) is 9.80 Å². The highest BCUT2D eigenvalue weighted by molar-refractivity contribution is 4.86. The highest BCUT2D eigenvalue weighted by atomic mass is 16.5. The molecular weight excluding hydrogens is 264 g/mol. The molecule has 122 valence electrons. The van der Waals surface area contributed by atoms with Crippen LogP contribution in [0.2, 0.25) is 0 Å². The molecule has 4 nitrogen and oxygen atoms in total. The molecule has 0 amide bonds.